The van der Waals surface area contributed by atoms with Gasteiger partial charge in [-0.05, 0) is 67.5 Å². The highest BCUT2D eigenvalue weighted by Gasteiger charge is 2.26. The van der Waals surface area contributed by atoms with E-state index in [9.17, 15) is 13.2 Å². The van der Waals surface area contributed by atoms with Gasteiger partial charge in [0.15, 0.2) is 0 Å². The molecule has 1 unspecified atom stereocenters. The summed E-state index contributed by atoms with van der Waals surface area (Å²) in [6.45, 7) is 5.19. The summed E-state index contributed by atoms with van der Waals surface area (Å²) in [5, 5.41) is 3.03. The summed E-state index contributed by atoms with van der Waals surface area (Å²) < 4.78 is 33.0. The van der Waals surface area contributed by atoms with Gasteiger partial charge >= 0.3 is 0 Å². The van der Waals surface area contributed by atoms with Crippen LogP contribution < -0.4 is 10.1 Å². The zero-order valence-electron chi connectivity index (χ0n) is 19.3. The second kappa shape index (κ2) is 11.0. The topological polar surface area (TPSA) is 75.7 Å². The van der Waals surface area contributed by atoms with E-state index < -0.39 is 10.0 Å². The molecule has 0 radical (unpaired) electrons. The van der Waals surface area contributed by atoms with E-state index in [1.165, 1.54) is 5.56 Å². The molecule has 6 nitrogen and oxygen atoms in total. The molecule has 3 rings (SSSR count). The number of nitrogens with one attached hydrogen (secondary N) is 1. The van der Waals surface area contributed by atoms with Crippen molar-refractivity contribution in [3.05, 3.63) is 59.2 Å². The van der Waals surface area contributed by atoms with Gasteiger partial charge in [0.2, 0.25) is 15.9 Å². The molecule has 174 valence electrons. The van der Waals surface area contributed by atoms with Crippen molar-refractivity contribution >= 4 is 15.9 Å². The molecule has 1 saturated heterocycles. The van der Waals surface area contributed by atoms with E-state index in [1.54, 1.807) is 29.6 Å². The van der Waals surface area contributed by atoms with Crippen molar-refractivity contribution in [3.63, 3.8) is 0 Å². The van der Waals surface area contributed by atoms with Crippen LogP contribution in [0.15, 0.2) is 47.4 Å². The number of ether oxygens (including phenoxy) is 1. The molecule has 2 aromatic carbocycles. The lowest BCUT2D eigenvalue weighted by atomic mass is 10.0. The monoisotopic (exact) mass is 458 g/mol. The molecule has 1 aliphatic rings. The Morgan fingerprint density at radius 1 is 1.09 bits per heavy atom. The Balaban J connectivity index is 1.66. The molecule has 0 spiro atoms. The molecule has 32 heavy (non-hydrogen) atoms. The summed E-state index contributed by atoms with van der Waals surface area (Å²) in [7, 11) is -1.98. The molecular formula is C25H34N2O4S. The van der Waals surface area contributed by atoms with Gasteiger partial charge in [-0.3, -0.25) is 4.79 Å². The fraction of sp³-hybridized carbons (Fsp3) is 0.480. The highest BCUT2D eigenvalue weighted by molar-refractivity contribution is 7.89. The predicted octanol–water partition coefficient (Wildman–Crippen LogP) is 4.24. The zero-order chi connectivity index (χ0) is 23.1. The Morgan fingerprint density at radius 2 is 1.78 bits per heavy atom. The van der Waals surface area contributed by atoms with Gasteiger partial charge in [-0.1, -0.05) is 37.6 Å². The second-order valence-corrected chi connectivity index (χ2v) is 10.3. The van der Waals surface area contributed by atoms with Gasteiger partial charge in [0.1, 0.15) is 5.75 Å². The maximum Gasteiger partial charge on any atom is 0.243 e. The van der Waals surface area contributed by atoms with Crippen LogP contribution in [0.4, 0.5) is 0 Å². The van der Waals surface area contributed by atoms with Gasteiger partial charge in [-0.2, -0.15) is 4.31 Å². The summed E-state index contributed by atoms with van der Waals surface area (Å²) in [5.74, 6) is 0.516. The predicted molar refractivity (Wildman–Crippen MR) is 126 cm³/mol. The lowest BCUT2D eigenvalue weighted by Crippen LogP contribution is -2.35. The van der Waals surface area contributed by atoms with E-state index in [2.05, 4.69) is 24.4 Å². The van der Waals surface area contributed by atoms with Gasteiger partial charge in [0.25, 0.3) is 0 Å². The molecule has 1 fully saturated rings. The number of rotatable bonds is 9. The van der Waals surface area contributed by atoms with E-state index in [0.717, 1.165) is 36.8 Å². The first kappa shape index (κ1) is 24.3. The first-order valence-electron chi connectivity index (χ1n) is 11.4. The van der Waals surface area contributed by atoms with Crippen molar-refractivity contribution in [2.45, 2.75) is 63.3 Å². The van der Waals surface area contributed by atoms with Crippen molar-refractivity contribution in [2.75, 3.05) is 20.2 Å². The Bertz CT molecular complexity index is 1010. The number of aryl methyl sites for hydroxylation is 2. The first-order valence-corrected chi connectivity index (χ1v) is 12.8. The van der Waals surface area contributed by atoms with Crippen LogP contribution in [0.2, 0.25) is 0 Å². The van der Waals surface area contributed by atoms with Crippen LogP contribution in [0.5, 0.6) is 5.75 Å². The molecular weight excluding hydrogens is 424 g/mol. The molecule has 0 aliphatic carbocycles. The Labute approximate surface area is 192 Å². The number of carbonyl (C=O) groups excluding carboxylic acids is 1. The molecule has 1 amide bonds. The number of piperidine rings is 1. The van der Waals surface area contributed by atoms with Gasteiger partial charge in [0.05, 0.1) is 18.0 Å². The normalized spacial score (nSPS) is 15.8. The van der Waals surface area contributed by atoms with E-state index in [0.29, 0.717) is 25.3 Å². The molecule has 1 heterocycles. The highest BCUT2D eigenvalue weighted by atomic mass is 32.2. The van der Waals surface area contributed by atoms with Crippen molar-refractivity contribution in [1.29, 1.82) is 0 Å². The van der Waals surface area contributed by atoms with Crippen LogP contribution in [-0.4, -0.2) is 38.8 Å². The lowest BCUT2D eigenvalue weighted by molar-refractivity contribution is -0.121. The number of nitrogens with zero attached hydrogens (tertiary/aromatic N) is 1. The number of hydrogen-bond acceptors (Lipinski definition) is 4. The average Bonchev–Trinajstić information content (AvgIpc) is 2.83. The van der Waals surface area contributed by atoms with E-state index in [-0.39, 0.29) is 23.3 Å². The minimum Gasteiger partial charge on any atom is -0.496 e. The number of carbonyl (C=O) groups is 1. The molecule has 0 aromatic heterocycles. The van der Waals surface area contributed by atoms with Crippen molar-refractivity contribution in [3.8, 4) is 5.75 Å². The van der Waals surface area contributed by atoms with Crippen molar-refractivity contribution in [2.24, 2.45) is 0 Å². The van der Waals surface area contributed by atoms with Crippen molar-refractivity contribution in [1.82, 2.24) is 9.62 Å². The lowest BCUT2D eigenvalue weighted by Gasteiger charge is -2.26. The van der Waals surface area contributed by atoms with E-state index in [4.69, 9.17) is 4.74 Å². The van der Waals surface area contributed by atoms with Crippen LogP contribution in [-0.2, 0) is 27.7 Å². The molecule has 1 atom stereocenters. The Hall–Kier alpha value is -2.38. The standard InChI is InChI=1S/C25H34N2O4S/c1-4-20-8-10-21(11-9-20)19(2)26-25(28)15-12-22-18-23(13-14-24(22)31-3)32(29,30)27-16-6-5-7-17-27/h8-11,13-14,18-19H,4-7,12,15-17H2,1-3H3,(H,26,28). The second-order valence-electron chi connectivity index (χ2n) is 8.32. The van der Waals surface area contributed by atoms with Gasteiger partial charge < -0.3 is 10.1 Å². The highest BCUT2D eigenvalue weighted by Crippen LogP contribution is 2.27. The number of sulfonamides is 1. The maximum absolute atomic E-state index is 13.0. The average molecular weight is 459 g/mol. The summed E-state index contributed by atoms with van der Waals surface area (Å²) in [6.07, 6.45) is 4.48. The largest absolute Gasteiger partial charge is 0.496 e. The Kier molecular flexibility index (Phi) is 8.32. The molecule has 0 bridgehead atoms. The van der Waals surface area contributed by atoms with Gasteiger partial charge in [-0.15, -0.1) is 0 Å². The maximum atomic E-state index is 13.0. The third-order valence-corrected chi connectivity index (χ3v) is 7.99. The smallest absolute Gasteiger partial charge is 0.243 e. The summed E-state index contributed by atoms with van der Waals surface area (Å²) in [6, 6.07) is 13.1. The first-order chi connectivity index (χ1) is 15.3. The minimum absolute atomic E-state index is 0.0802. The van der Waals surface area contributed by atoms with E-state index in [1.807, 2.05) is 19.1 Å². The number of amides is 1. The fourth-order valence-corrected chi connectivity index (χ4v) is 5.62. The van der Waals surface area contributed by atoms with Crippen LogP contribution in [0, 0.1) is 0 Å². The Morgan fingerprint density at radius 3 is 2.41 bits per heavy atom. The van der Waals surface area contributed by atoms with Gasteiger partial charge in [0, 0.05) is 19.5 Å². The SMILES string of the molecule is CCc1ccc(C(C)NC(=O)CCc2cc(S(=O)(=O)N3CCCCC3)ccc2OC)cc1. The summed E-state index contributed by atoms with van der Waals surface area (Å²) in [5.41, 5.74) is 3.04. The molecule has 7 heteroatoms. The summed E-state index contributed by atoms with van der Waals surface area (Å²) >= 11 is 0. The molecule has 2 aromatic rings. The summed E-state index contributed by atoms with van der Waals surface area (Å²) in [4.78, 5) is 12.8. The van der Waals surface area contributed by atoms with Crippen LogP contribution in [0.25, 0.3) is 0 Å². The third kappa shape index (κ3) is 5.90. The number of benzene rings is 2. The molecule has 1 N–H and O–H groups in total. The van der Waals surface area contributed by atoms with Crippen molar-refractivity contribution < 1.29 is 17.9 Å². The number of methoxy groups -OCH3 is 1. The fourth-order valence-electron chi connectivity index (χ4n) is 4.05. The van der Waals surface area contributed by atoms with Crippen LogP contribution in [0.1, 0.15) is 62.3 Å². The van der Waals surface area contributed by atoms with Gasteiger partial charge in [-0.25, -0.2) is 8.42 Å². The minimum atomic E-state index is -3.53. The van der Waals surface area contributed by atoms with Crippen LogP contribution >= 0.6 is 0 Å². The van der Waals surface area contributed by atoms with E-state index >= 15 is 0 Å². The molecule has 0 saturated carbocycles. The molecule has 1 aliphatic heterocycles. The third-order valence-electron chi connectivity index (χ3n) is 6.09. The quantitative estimate of drug-likeness (QED) is 0.610. The number of hydrogen-bond donors (Lipinski definition) is 1. The van der Waals surface area contributed by atoms with Crippen LogP contribution in [0.3, 0.4) is 0 Å². The zero-order valence-corrected chi connectivity index (χ0v) is 20.1.